The van der Waals surface area contributed by atoms with Crippen LogP contribution in [0.25, 0.3) is 22.2 Å². The van der Waals surface area contributed by atoms with E-state index < -0.39 is 0 Å². The second-order valence-corrected chi connectivity index (χ2v) is 7.87. The maximum absolute atomic E-state index is 12.1. The molecule has 146 valence electrons. The first-order valence-electron chi connectivity index (χ1n) is 9.54. The Balaban J connectivity index is 1.24. The van der Waals surface area contributed by atoms with Crippen LogP contribution >= 0.6 is 11.8 Å². The molecule has 4 aromatic rings. The van der Waals surface area contributed by atoms with Crippen LogP contribution in [-0.4, -0.2) is 33.4 Å². The number of hydrogen-bond donors (Lipinski definition) is 2. The lowest BCUT2D eigenvalue weighted by Crippen LogP contribution is -2.27. The summed E-state index contributed by atoms with van der Waals surface area (Å²) in [6, 6.07) is 20.2. The fourth-order valence-electron chi connectivity index (χ4n) is 3.14. The van der Waals surface area contributed by atoms with E-state index in [1.165, 1.54) is 28.3 Å². The third-order valence-electron chi connectivity index (χ3n) is 4.73. The van der Waals surface area contributed by atoms with E-state index in [1.807, 2.05) is 42.6 Å². The average molecular weight is 403 g/mol. The molecule has 0 spiro atoms. The average Bonchev–Trinajstić information content (AvgIpc) is 3.16. The van der Waals surface area contributed by atoms with E-state index in [9.17, 15) is 4.79 Å². The summed E-state index contributed by atoms with van der Waals surface area (Å²) in [5.74, 6) is 0.325. The zero-order valence-electron chi connectivity index (χ0n) is 16.2. The summed E-state index contributed by atoms with van der Waals surface area (Å²) in [5.41, 5.74) is 5.42. The van der Waals surface area contributed by atoms with Gasteiger partial charge in [0.15, 0.2) is 0 Å². The summed E-state index contributed by atoms with van der Waals surface area (Å²) in [6.45, 7) is 2.67. The van der Waals surface area contributed by atoms with Crippen molar-refractivity contribution in [3.05, 3.63) is 78.0 Å². The molecule has 0 saturated heterocycles. The first-order chi connectivity index (χ1) is 14.2. The lowest BCUT2D eigenvalue weighted by Gasteiger charge is -2.05. The summed E-state index contributed by atoms with van der Waals surface area (Å²) in [7, 11) is 0. The molecule has 2 aromatic carbocycles. The molecule has 0 aliphatic heterocycles. The third-order valence-corrected chi connectivity index (χ3v) is 5.65. The van der Waals surface area contributed by atoms with Crippen LogP contribution in [0.15, 0.2) is 71.9 Å². The standard InChI is InChI=1S/C23H22N4OS/c1-16-6-8-17(9-7-16)20-10-11-23(27-26-20)29-15-22(28)24-13-12-18-14-25-21-5-3-2-4-19(18)21/h2-11,14,25H,12-13,15H2,1H3,(H,24,28). The number of amides is 1. The van der Waals surface area contributed by atoms with Gasteiger partial charge >= 0.3 is 0 Å². The summed E-state index contributed by atoms with van der Waals surface area (Å²) in [5, 5.41) is 13.4. The molecule has 4 rings (SSSR count). The molecule has 0 saturated carbocycles. The van der Waals surface area contributed by atoms with Gasteiger partial charge in [-0.1, -0.05) is 59.8 Å². The van der Waals surface area contributed by atoms with Gasteiger partial charge in [0.2, 0.25) is 5.91 Å². The molecule has 5 nitrogen and oxygen atoms in total. The van der Waals surface area contributed by atoms with Gasteiger partial charge in [-0.25, -0.2) is 0 Å². The summed E-state index contributed by atoms with van der Waals surface area (Å²) in [6.07, 6.45) is 2.81. The SMILES string of the molecule is Cc1ccc(-c2ccc(SCC(=O)NCCc3c[nH]c4ccccc34)nn2)cc1. The fraction of sp³-hybridized carbons (Fsp3) is 0.174. The van der Waals surface area contributed by atoms with Crippen molar-refractivity contribution in [3.8, 4) is 11.3 Å². The summed E-state index contributed by atoms with van der Waals surface area (Å²) < 4.78 is 0. The first-order valence-corrected chi connectivity index (χ1v) is 10.5. The fourth-order valence-corrected chi connectivity index (χ4v) is 3.78. The van der Waals surface area contributed by atoms with Crippen molar-refractivity contribution >= 4 is 28.6 Å². The van der Waals surface area contributed by atoms with Crippen LogP contribution in [-0.2, 0) is 11.2 Å². The molecule has 0 unspecified atom stereocenters. The highest BCUT2D eigenvalue weighted by Crippen LogP contribution is 2.20. The minimum Gasteiger partial charge on any atom is -0.361 e. The normalized spacial score (nSPS) is 10.9. The minimum atomic E-state index is -0.000692. The highest BCUT2D eigenvalue weighted by Gasteiger charge is 2.07. The number of rotatable bonds is 7. The number of aromatic nitrogens is 3. The van der Waals surface area contributed by atoms with Crippen molar-refractivity contribution < 1.29 is 4.79 Å². The van der Waals surface area contributed by atoms with Crippen molar-refractivity contribution in [2.45, 2.75) is 18.4 Å². The van der Waals surface area contributed by atoms with E-state index in [4.69, 9.17) is 0 Å². The van der Waals surface area contributed by atoms with Crippen LogP contribution in [0.4, 0.5) is 0 Å². The van der Waals surface area contributed by atoms with E-state index in [2.05, 4.69) is 51.7 Å². The van der Waals surface area contributed by atoms with Crippen molar-refractivity contribution in [1.29, 1.82) is 0 Å². The molecule has 0 radical (unpaired) electrons. The molecule has 2 aromatic heterocycles. The van der Waals surface area contributed by atoms with Gasteiger partial charge in [-0.15, -0.1) is 10.2 Å². The number of benzene rings is 2. The van der Waals surface area contributed by atoms with Gasteiger partial charge in [0.25, 0.3) is 0 Å². The predicted molar refractivity (Wildman–Crippen MR) is 118 cm³/mol. The Morgan fingerprint density at radius 3 is 2.66 bits per heavy atom. The molecular weight excluding hydrogens is 380 g/mol. The lowest BCUT2D eigenvalue weighted by molar-refractivity contribution is -0.118. The molecule has 0 atom stereocenters. The molecule has 2 N–H and O–H groups in total. The van der Waals surface area contributed by atoms with E-state index in [0.717, 1.165) is 28.2 Å². The number of nitrogens with zero attached hydrogens (tertiary/aromatic N) is 2. The van der Waals surface area contributed by atoms with Gasteiger partial charge in [-0.3, -0.25) is 4.79 Å². The van der Waals surface area contributed by atoms with E-state index in [-0.39, 0.29) is 5.91 Å². The van der Waals surface area contributed by atoms with E-state index in [1.54, 1.807) is 0 Å². The quantitative estimate of drug-likeness (QED) is 0.450. The maximum atomic E-state index is 12.1. The van der Waals surface area contributed by atoms with Crippen LogP contribution in [0, 0.1) is 6.92 Å². The molecule has 0 fully saturated rings. The van der Waals surface area contributed by atoms with Crippen LogP contribution < -0.4 is 5.32 Å². The van der Waals surface area contributed by atoms with Crippen molar-refractivity contribution in [2.24, 2.45) is 0 Å². The topological polar surface area (TPSA) is 70.7 Å². The Morgan fingerprint density at radius 1 is 1.03 bits per heavy atom. The molecule has 2 heterocycles. The molecule has 0 aliphatic carbocycles. The van der Waals surface area contributed by atoms with Crippen molar-refractivity contribution in [3.63, 3.8) is 0 Å². The Kier molecular flexibility index (Phi) is 5.91. The van der Waals surface area contributed by atoms with Gasteiger partial charge in [0.05, 0.1) is 11.4 Å². The Labute approximate surface area is 174 Å². The third kappa shape index (κ3) is 4.84. The number of para-hydroxylation sites is 1. The number of carbonyl (C=O) groups is 1. The molecule has 29 heavy (non-hydrogen) atoms. The number of carbonyl (C=O) groups excluding carboxylic acids is 1. The first kappa shape index (κ1) is 19.2. The van der Waals surface area contributed by atoms with Gasteiger partial charge < -0.3 is 10.3 Å². The largest absolute Gasteiger partial charge is 0.361 e. The molecule has 6 heteroatoms. The second-order valence-electron chi connectivity index (χ2n) is 6.87. The predicted octanol–water partition coefficient (Wildman–Crippen LogP) is 4.38. The highest BCUT2D eigenvalue weighted by molar-refractivity contribution is 7.99. The monoisotopic (exact) mass is 402 g/mol. The lowest BCUT2D eigenvalue weighted by atomic mass is 10.1. The second kappa shape index (κ2) is 8.92. The van der Waals surface area contributed by atoms with Crippen LogP contribution in [0.5, 0.6) is 0 Å². The highest BCUT2D eigenvalue weighted by atomic mass is 32.2. The van der Waals surface area contributed by atoms with Crippen LogP contribution in [0.3, 0.4) is 0 Å². The number of aromatic amines is 1. The number of hydrogen-bond acceptors (Lipinski definition) is 4. The smallest absolute Gasteiger partial charge is 0.230 e. The Hall–Kier alpha value is -3.12. The number of thioether (sulfide) groups is 1. The van der Waals surface area contributed by atoms with Gasteiger partial charge in [0.1, 0.15) is 5.03 Å². The zero-order chi connectivity index (χ0) is 20.1. The molecule has 1 amide bonds. The number of fused-ring (bicyclic) bond motifs is 1. The number of H-pyrrole nitrogens is 1. The van der Waals surface area contributed by atoms with E-state index in [0.29, 0.717) is 12.3 Å². The summed E-state index contributed by atoms with van der Waals surface area (Å²) in [4.78, 5) is 15.4. The molecule has 0 bridgehead atoms. The van der Waals surface area contributed by atoms with Crippen molar-refractivity contribution in [2.75, 3.05) is 12.3 Å². The molecule has 0 aliphatic rings. The minimum absolute atomic E-state index is 0.000692. The molecular formula is C23H22N4OS. The van der Waals surface area contributed by atoms with Gasteiger partial charge in [-0.05, 0) is 37.1 Å². The van der Waals surface area contributed by atoms with Gasteiger partial charge in [-0.2, -0.15) is 0 Å². The van der Waals surface area contributed by atoms with Crippen LogP contribution in [0.2, 0.25) is 0 Å². The van der Waals surface area contributed by atoms with Crippen molar-refractivity contribution in [1.82, 2.24) is 20.5 Å². The van der Waals surface area contributed by atoms with Crippen LogP contribution in [0.1, 0.15) is 11.1 Å². The maximum Gasteiger partial charge on any atom is 0.230 e. The summed E-state index contributed by atoms with van der Waals surface area (Å²) >= 11 is 1.39. The zero-order valence-corrected chi connectivity index (χ0v) is 17.0. The number of aryl methyl sites for hydroxylation is 1. The Morgan fingerprint density at radius 2 is 1.86 bits per heavy atom. The van der Waals surface area contributed by atoms with E-state index >= 15 is 0 Å². The Bertz CT molecular complexity index is 1100. The number of nitrogens with one attached hydrogen (secondary N) is 2. The van der Waals surface area contributed by atoms with Gasteiger partial charge in [0, 0.05) is 29.2 Å².